The fourth-order valence-corrected chi connectivity index (χ4v) is 3.69. The number of rotatable bonds is 10. The van der Waals surface area contributed by atoms with Gasteiger partial charge < -0.3 is 5.11 Å². The minimum Gasteiger partial charge on any atom is -0.507 e. The van der Waals surface area contributed by atoms with Crippen molar-refractivity contribution in [2.75, 3.05) is 0 Å². The zero-order valence-electron chi connectivity index (χ0n) is 15.5. The number of hydrogen-bond acceptors (Lipinski definition) is 1. The zero-order valence-corrected chi connectivity index (χ0v) is 15.5. The summed E-state index contributed by atoms with van der Waals surface area (Å²) in [4.78, 5) is 0. The van der Waals surface area contributed by atoms with Crippen LogP contribution in [0.4, 0.5) is 0 Å². The van der Waals surface area contributed by atoms with E-state index in [0.717, 1.165) is 44.9 Å². The summed E-state index contributed by atoms with van der Waals surface area (Å²) >= 11 is 0. The maximum absolute atomic E-state index is 11.0. The summed E-state index contributed by atoms with van der Waals surface area (Å²) in [6.07, 6.45) is 11.2. The first kappa shape index (κ1) is 19.1. The highest BCUT2D eigenvalue weighted by Crippen LogP contribution is 2.37. The lowest BCUT2D eigenvalue weighted by Gasteiger charge is -2.24. The molecule has 0 aliphatic heterocycles. The van der Waals surface area contributed by atoms with Crippen LogP contribution < -0.4 is 0 Å². The molecule has 1 heteroatoms. The first-order chi connectivity index (χ1) is 10.7. The van der Waals surface area contributed by atoms with Crippen LogP contribution in [-0.2, 0) is 32.1 Å². The van der Waals surface area contributed by atoms with E-state index in [4.69, 9.17) is 0 Å². The van der Waals surface area contributed by atoms with E-state index >= 15 is 0 Å². The molecule has 1 nitrogen and oxygen atoms in total. The molecule has 22 heavy (non-hydrogen) atoms. The van der Waals surface area contributed by atoms with Crippen LogP contribution in [-0.4, -0.2) is 5.11 Å². The van der Waals surface area contributed by atoms with Gasteiger partial charge in [-0.3, -0.25) is 0 Å². The summed E-state index contributed by atoms with van der Waals surface area (Å²) in [5, 5.41) is 11.0. The number of aromatic hydroxyl groups is 1. The Morgan fingerprint density at radius 3 is 1.45 bits per heavy atom. The first-order valence-electron chi connectivity index (χ1n) is 9.53. The molecule has 0 aliphatic rings. The Morgan fingerprint density at radius 2 is 1.00 bits per heavy atom. The zero-order chi connectivity index (χ0) is 16.5. The molecule has 126 valence electrons. The number of phenols is 1. The van der Waals surface area contributed by atoms with Crippen LogP contribution in [0.1, 0.15) is 94.5 Å². The standard InChI is InChI=1S/C21H36O/c1-6-11-15-20-16(10-5)17(12-7-2)18(13-8-3)19(14-9-4)21(20)22/h22H,6-15H2,1-5H3. The molecule has 0 amide bonds. The molecule has 0 atom stereocenters. The van der Waals surface area contributed by atoms with Crippen LogP contribution in [0.15, 0.2) is 0 Å². The third kappa shape index (κ3) is 4.27. The van der Waals surface area contributed by atoms with Crippen molar-refractivity contribution in [3.05, 3.63) is 27.8 Å². The lowest BCUT2D eigenvalue weighted by atomic mass is 9.82. The van der Waals surface area contributed by atoms with Gasteiger partial charge >= 0.3 is 0 Å². The van der Waals surface area contributed by atoms with Crippen molar-refractivity contribution in [1.82, 2.24) is 0 Å². The second-order valence-corrected chi connectivity index (χ2v) is 6.45. The van der Waals surface area contributed by atoms with E-state index in [1.165, 1.54) is 41.5 Å². The van der Waals surface area contributed by atoms with Gasteiger partial charge in [0.25, 0.3) is 0 Å². The SMILES string of the molecule is CCCCc1c(O)c(CCC)c(CCC)c(CCC)c1CC. The lowest BCUT2D eigenvalue weighted by Crippen LogP contribution is -2.10. The van der Waals surface area contributed by atoms with E-state index in [0.29, 0.717) is 5.75 Å². The third-order valence-corrected chi connectivity index (χ3v) is 4.66. The Bertz CT molecular complexity index is 460. The van der Waals surface area contributed by atoms with Gasteiger partial charge in [0, 0.05) is 0 Å². The quantitative estimate of drug-likeness (QED) is 0.549. The maximum Gasteiger partial charge on any atom is 0.122 e. The van der Waals surface area contributed by atoms with Gasteiger partial charge in [0.15, 0.2) is 0 Å². The highest BCUT2D eigenvalue weighted by molar-refractivity contribution is 5.56. The van der Waals surface area contributed by atoms with Crippen molar-refractivity contribution in [3.63, 3.8) is 0 Å². The van der Waals surface area contributed by atoms with E-state index in [-0.39, 0.29) is 0 Å². The molecule has 0 radical (unpaired) electrons. The Morgan fingerprint density at radius 1 is 0.545 bits per heavy atom. The average Bonchev–Trinajstić information content (AvgIpc) is 2.52. The van der Waals surface area contributed by atoms with Gasteiger partial charge in [-0.1, -0.05) is 60.3 Å². The predicted molar refractivity (Wildman–Crippen MR) is 98.1 cm³/mol. The van der Waals surface area contributed by atoms with Gasteiger partial charge in [0.2, 0.25) is 0 Å². The molecule has 0 spiro atoms. The van der Waals surface area contributed by atoms with Crippen molar-refractivity contribution in [2.24, 2.45) is 0 Å². The number of phenolic OH excluding ortho intramolecular Hbond substituents is 1. The van der Waals surface area contributed by atoms with Crippen LogP contribution in [0.25, 0.3) is 0 Å². The fourth-order valence-electron chi connectivity index (χ4n) is 3.69. The predicted octanol–water partition coefficient (Wildman–Crippen LogP) is 6.15. The van der Waals surface area contributed by atoms with Crippen molar-refractivity contribution < 1.29 is 5.11 Å². The molecule has 0 aliphatic carbocycles. The topological polar surface area (TPSA) is 20.2 Å². The van der Waals surface area contributed by atoms with Crippen molar-refractivity contribution >= 4 is 0 Å². The molecule has 0 fully saturated rings. The lowest BCUT2D eigenvalue weighted by molar-refractivity contribution is 0.456. The number of unbranched alkanes of at least 4 members (excludes halogenated alkanes) is 1. The normalized spacial score (nSPS) is 11.1. The van der Waals surface area contributed by atoms with E-state index in [1.807, 2.05) is 0 Å². The maximum atomic E-state index is 11.0. The van der Waals surface area contributed by atoms with E-state index in [2.05, 4.69) is 34.6 Å². The van der Waals surface area contributed by atoms with Crippen LogP contribution >= 0.6 is 0 Å². The summed E-state index contributed by atoms with van der Waals surface area (Å²) in [5.41, 5.74) is 7.02. The molecule has 1 rings (SSSR count). The summed E-state index contributed by atoms with van der Waals surface area (Å²) in [6, 6.07) is 0. The van der Waals surface area contributed by atoms with Gasteiger partial charge in [-0.25, -0.2) is 0 Å². The summed E-state index contributed by atoms with van der Waals surface area (Å²) in [7, 11) is 0. The molecule has 1 N–H and O–H groups in total. The molecule has 1 aromatic carbocycles. The summed E-state index contributed by atoms with van der Waals surface area (Å²) in [5.74, 6) is 0.635. The Labute approximate surface area is 138 Å². The third-order valence-electron chi connectivity index (χ3n) is 4.66. The largest absolute Gasteiger partial charge is 0.507 e. The van der Waals surface area contributed by atoms with Crippen LogP contribution in [0.3, 0.4) is 0 Å². The van der Waals surface area contributed by atoms with Crippen LogP contribution in [0.2, 0.25) is 0 Å². The highest BCUT2D eigenvalue weighted by Gasteiger charge is 2.21. The monoisotopic (exact) mass is 304 g/mol. The molecular weight excluding hydrogens is 268 g/mol. The van der Waals surface area contributed by atoms with Crippen molar-refractivity contribution in [3.8, 4) is 5.75 Å². The minimum absolute atomic E-state index is 0.635. The van der Waals surface area contributed by atoms with Gasteiger partial charge in [0.1, 0.15) is 5.75 Å². The Kier molecular flexibility index (Phi) is 8.60. The molecule has 0 heterocycles. The highest BCUT2D eigenvalue weighted by atomic mass is 16.3. The molecule has 0 aromatic heterocycles. The van der Waals surface area contributed by atoms with Gasteiger partial charge in [-0.2, -0.15) is 0 Å². The van der Waals surface area contributed by atoms with Crippen LogP contribution in [0.5, 0.6) is 5.75 Å². The fraction of sp³-hybridized carbons (Fsp3) is 0.714. The summed E-state index contributed by atoms with van der Waals surface area (Å²) in [6.45, 7) is 11.2. The Hall–Kier alpha value is -0.980. The van der Waals surface area contributed by atoms with E-state index in [1.54, 1.807) is 5.56 Å². The van der Waals surface area contributed by atoms with Gasteiger partial charge in [0.05, 0.1) is 0 Å². The molecular formula is C21H36O. The molecule has 1 aromatic rings. The van der Waals surface area contributed by atoms with Gasteiger partial charge in [-0.05, 0) is 66.3 Å². The number of hydrogen-bond donors (Lipinski definition) is 1. The van der Waals surface area contributed by atoms with Crippen molar-refractivity contribution in [1.29, 1.82) is 0 Å². The minimum atomic E-state index is 0.635. The molecule has 0 unspecified atom stereocenters. The average molecular weight is 305 g/mol. The van der Waals surface area contributed by atoms with Gasteiger partial charge in [-0.15, -0.1) is 0 Å². The molecule has 0 saturated carbocycles. The van der Waals surface area contributed by atoms with Crippen molar-refractivity contribution in [2.45, 2.75) is 98.8 Å². The number of benzene rings is 1. The molecule has 0 bridgehead atoms. The van der Waals surface area contributed by atoms with E-state index < -0.39 is 0 Å². The van der Waals surface area contributed by atoms with E-state index in [9.17, 15) is 5.11 Å². The summed E-state index contributed by atoms with van der Waals surface area (Å²) < 4.78 is 0. The second-order valence-electron chi connectivity index (χ2n) is 6.45. The van der Waals surface area contributed by atoms with Crippen LogP contribution in [0, 0.1) is 0 Å². The Balaban J connectivity index is 3.55. The molecule has 0 saturated heterocycles. The second kappa shape index (κ2) is 9.92. The smallest absolute Gasteiger partial charge is 0.122 e. The first-order valence-corrected chi connectivity index (χ1v) is 9.53.